The SMILES string of the molecule is COC(=O)c1c(C)[nH]c(C(=O)C=Cc2cc(OC)c(OC)c(OC)c2)c1C. The summed E-state index contributed by atoms with van der Waals surface area (Å²) < 4.78 is 20.7. The molecular formula is C20H23NO6. The van der Waals surface area contributed by atoms with Crippen LogP contribution in [0.4, 0.5) is 0 Å². The molecule has 7 nitrogen and oxygen atoms in total. The molecule has 1 heterocycles. The smallest absolute Gasteiger partial charge is 0.339 e. The van der Waals surface area contributed by atoms with Crippen LogP contribution in [0.2, 0.25) is 0 Å². The quantitative estimate of drug-likeness (QED) is 0.455. The fraction of sp³-hybridized carbons (Fsp3) is 0.300. The number of ether oxygens (including phenoxy) is 4. The molecule has 0 spiro atoms. The number of rotatable bonds is 7. The Morgan fingerprint density at radius 1 is 0.963 bits per heavy atom. The summed E-state index contributed by atoms with van der Waals surface area (Å²) in [4.78, 5) is 27.4. The summed E-state index contributed by atoms with van der Waals surface area (Å²) in [6, 6.07) is 3.47. The molecule has 2 rings (SSSR count). The first-order chi connectivity index (χ1) is 12.9. The zero-order chi connectivity index (χ0) is 20.1. The molecular weight excluding hydrogens is 350 g/mol. The van der Waals surface area contributed by atoms with Crippen LogP contribution in [-0.2, 0) is 4.74 Å². The van der Waals surface area contributed by atoms with Crippen molar-refractivity contribution in [3.8, 4) is 17.2 Å². The van der Waals surface area contributed by atoms with Gasteiger partial charge in [-0.15, -0.1) is 0 Å². The van der Waals surface area contributed by atoms with Crippen molar-refractivity contribution in [2.45, 2.75) is 13.8 Å². The van der Waals surface area contributed by atoms with Crippen LogP contribution in [0.1, 0.15) is 37.7 Å². The van der Waals surface area contributed by atoms with E-state index < -0.39 is 5.97 Å². The van der Waals surface area contributed by atoms with Gasteiger partial charge in [0.2, 0.25) is 11.5 Å². The number of methoxy groups -OCH3 is 4. The topological polar surface area (TPSA) is 86.9 Å². The molecule has 27 heavy (non-hydrogen) atoms. The molecule has 2 aromatic rings. The van der Waals surface area contributed by atoms with Crippen LogP contribution in [0.25, 0.3) is 6.08 Å². The predicted octanol–water partition coefficient (Wildman–Crippen LogP) is 3.34. The lowest BCUT2D eigenvalue weighted by Gasteiger charge is -2.12. The summed E-state index contributed by atoms with van der Waals surface area (Å²) in [5, 5.41) is 0. The maximum atomic E-state index is 12.6. The van der Waals surface area contributed by atoms with Crippen LogP contribution >= 0.6 is 0 Å². The number of carbonyl (C=O) groups excluding carboxylic acids is 2. The van der Waals surface area contributed by atoms with Crippen LogP contribution in [0.15, 0.2) is 18.2 Å². The highest BCUT2D eigenvalue weighted by atomic mass is 16.5. The third kappa shape index (κ3) is 3.97. The number of aromatic nitrogens is 1. The molecule has 144 valence electrons. The van der Waals surface area contributed by atoms with E-state index >= 15 is 0 Å². The Bertz CT molecular complexity index is 869. The Morgan fingerprint density at radius 3 is 2.04 bits per heavy atom. The number of hydrogen-bond acceptors (Lipinski definition) is 6. The van der Waals surface area contributed by atoms with Crippen molar-refractivity contribution < 1.29 is 28.5 Å². The van der Waals surface area contributed by atoms with Crippen LogP contribution < -0.4 is 14.2 Å². The van der Waals surface area contributed by atoms with Crippen molar-refractivity contribution in [2.24, 2.45) is 0 Å². The number of carbonyl (C=O) groups is 2. The highest BCUT2D eigenvalue weighted by Crippen LogP contribution is 2.38. The Hall–Kier alpha value is -3.22. The molecule has 0 aliphatic rings. The van der Waals surface area contributed by atoms with E-state index in [2.05, 4.69) is 4.98 Å². The second kappa shape index (κ2) is 8.44. The number of esters is 1. The molecule has 0 saturated carbocycles. The average molecular weight is 373 g/mol. The maximum absolute atomic E-state index is 12.6. The van der Waals surface area contributed by atoms with Crippen molar-refractivity contribution in [2.75, 3.05) is 28.4 Å². The Kier molecular flexibility index (Phi) is 6.28. The first-order valence-corrected chi connectivity index (χ1v) is 8.17. The zero-order valence-corrected chi connectivity index (χ0v) is 16.3. The van der Waals surface area contributed by atoms with E-state index in [1.54, 1.807) is 32.1 Å². The number of allylic oxidation sites excluding steroid dienone is 1. The van der Waals surface area contributed by atoms with Crippen LogP contribution in [0, 0.1) is 13.8 Å². The highest BCUT2D eigenvalue weighted by Gasteiger charge is 2.21. The molecule has 0 radical (unpaired) electrons. The molecule has 1 aromatic heterocycles. The summed E-state index contributed by atoms with van der Waals surface area (Å²) in [5.74, 6) is 0.711. The van der Waals surface area contributed by atoms with Crippen molar-refractivity contribution in [3.63, 3.8) is 0 Å². The van der Waals surface area contributed by atoms with Gasteiger partial charge < -0.3 is 23.9 Å². The van der Waals surface area contributed by atoms with E-state index in [1.165, 1.54) is 34.5 Å². The van der Waals surface area contributed by atoms with Gasteiger partial charge in [0.1, 0.15) is 0 Å². The van der Waals surface area contributed by atoms with Crippen LogP contribution in [0.3, 0.4) is 0 Å². The zero-order valence-electron chi connectivity index (χ0n) is 16.3. The Morgan fingerprint density at radius 2 is 1.56 bits per heavy atom. The minimum atomic E-state index is -0.478. The molecule has 0 fully saturated rings. The van der Waals surface area contributed by atoms with Crippen LogP contribution in [-0.4, -0.2) is 45.2 Å². The molecule has 0 atom stereocenters. The van der Waals surface area contributed by atoms with Gasteiger partial charge >= 0.3 is 5.97 Å². The number of aromatic amines is 1. The molecule has 0 aliphatic heterocycles. The predicted molar refractivity (Wildman–Crippen MR) is 101 cm³/mol. The molecule has 1 aromatic carbocycles. The number of hydrogen-bond donors (Lipinski definition) is 1. The van der Waals surface area contributed by atoms with Crippen molar-refractivity contribution in [1.29, 1.82) is 0 Å². The van der Waals surface area contributed by atoms with Gasteiger partial charge in [0.15, 0.2) is 11.5 Å². The van der Waals surface area contributed by atoms with E-state index in [1.807, 2.05) is 0 Å². The lowest BCUT2D eigenvalue weighted by atomic mass is 10.1. The summed E-state index contributed by atoms with van der Waals surface area (Å²) in [6.45, 7) is 3.43. The van der Waals surface area contributed by atoms with Crippen molar-refractivity contribution in [3.05, 3.63) is 46.3 Å². The molecule has 7 heteroatoms. The molecule has 0 bridgehead atoms. The number of H-pyrrole nitrogens is 1. The van der Waals surface area contributed by atoms with E-state index in [4.69, 9.17) is 18.9 Å². The fourth-order valence-corrected chi connectivity index (χ4v) is 2.86. The summed E-state index contributed by atoms with van der Waals surface area (Å²) in [7, 11) is 5.87. The highest BCUT2D eigenvalue weighted by molar-refractivity contribution is 6.08. The minimum Gasteiger partial charge on any atom is -0.493 e. The van der Waals surface area contributed by atoms with Crippen molar-refractivity contribution >= 4 is 17.8 Å². The molecule has 1 N–H and O–H groups in total. The summed E-state index contributed by atoms with van der Waals surface area (Å²) >= 11 is 0. The largest absolute Gasteiger partial charge is 0.493 e. The summed E-state index contributed by atoms with van der Waals surface area (Å²) in [6.07, 6.45) is 3.06. The van der Waals surface area contributed by atoms with E-state index in [9.17, 15) is 9.59 Å². The van der Waals surface area contributed by atoms with Gasteiger partial charge in [-0.3, -0.25) is 4.79 Å². The summed E-state index contributed by atoms with van der Waals surface area (Å²) in [5.41, 5.74) is 2.56. The van der Waals surface area contributed by atoms with E-state index in [0.29, 0.717) is 45.3 Å². The lowest BCUT2D eigenvalue weighted by molar-refractivity contribution is 0.0599. The van der Waals surface area contributed by atoms with Gasteiger partial charge in [-0.25, -0.2) is 4.79 Å². The molecule has 0 unspecified atom stereocenters. The molecule has 0 aliphatic carbocycles. The number of aryl methyl sites for hydroxylation is 1. The number of benzene rings is 1. The fourth-order valence-electron chi connectivity index (χ4n) is 2.86. The van der Waals surface area contributed by atoms with Gasteiger partial charge in [-0.05, 0) is 43.2 Å². The first kappa shape index (κ1) is 20.1. The monoisotopic (exact) mass is 373 g/mol. The number of nitrogens with one attached hydrogen (secondary N) is 1. The minimum absolute atomic E-state index is 0.264. The Balaban J connectivity index is 2.36. The molecule has 0 amide bonds. The van der Waals surface area contributed by atoms with E-state index in [0.717, 1.165) is 0 Å². The van der Waals surface area contributed by atoms with Gasteiger partial charge in [0, 0.05) is 5.69 Å². The van der Waals surface area contributed by atoms with Gasteiger partial charge in [-0.2, -0.15) is 0 Å². The van der Waals surface area contributed by atoms with Crippen LogP contribution in [0.5, 0.6) is 17.2 Å². The third-order valence-corrected chi connectivity index (χ3v) is 4.19. The first-order valence-electron chi connectivity index (χ1n) is 8.17. The standard InChI is InChI=1S/C20H23NO6/c1-11-17(20(23)27-6)12(2)21-18(11)14(22)8-7-13-9-15(24-3)19(26-5)16(10-13)25-4/h7-10,21H,1-6H3. The van der Waals surface area contributed by atoms with Crippen molar-refractivity contribution in [1.82, 2.24) is 4.98 Å². The maximum Gasteiger partial charge on any atom is 0.339 e. The van der Waals surface area contributed by atoms with Gasteiger partial charge in [-0.1, -0.05) is 6.08 Å². The van der Waals surface area contributed by atoms with Gasteiger partial charge in [0.05, 0.1) is 39.7 Å². The normalized spacial score (nSPS) is 10.7. The van der Waals surface area contributed by atoms with Gasteiger partial charge in [0.25, 0.3) is 0 Å². The second-order valence-electron chi connectivity index (χ2n) is 5.77. The average Bonchev–Trinajstić information content (AvgIpc) is 2.98. The molecule has 0 saturated heterocycles. The lowest BCUT2D eigenvalue weighted by Crippen LogP contribution is -2.04. The number of ketones is 1. The second-order valence-corrected chi connectivity index (χ2v) is 5.77. The van der Waals surface area contributed by atoms with E-state index in [-0.39, 0.29) is 5.78 Å². The Labute approximate surface area is 157 Å². The third-order valence-electron chi connectivity index (χ3n) is 4.19.